The van der Waals surface area contributed by atoms with Crippen LogP contribution in [0.4, 0.5) is 0 Å². The molecule has 5 N–H and O–H groups in total. The van der Waals surface area contributed by atoms with Crippen molar-refractivity contribution in [1.82, 2.24) is 9.88 Å². The first kappa shape index (κ1) is 14.7. The number of carbonyl (C=O) groups excluding carboxylic acids is 1. The van der Waals surface area contributed by atoms with E-state index in [4.69, 9.17) is 5.73 Å². The molecule has 7 heteroatoms. The van der Waals surface area contributed by atoms with Gasteiger partial charge in [-0.1, -0.05) is 18.2 Å². The smallest absolute Gasteiger partial charge is 0.426 e. The van der Waals surface area contributed by atoms with Crippen molar-refractivity contribution in [1.29, 1.82) is 0 Å². The zero-order valence-electron chi connectivity index (χ0n) is 12.8. The minimum atomic E-state index is -1.50. The fourth-order valence-electron chi connectivity index (χ4n) is 3.91. The lowest BCUT2D eigenvalue weighted by Gasteiger charge is -2.27. The van der Waals surface area contributed by atoms with Gasteiger partial charge >= 0.3 is 7.12 Å². The molecule has 4 rings (SSSR count). The zero-order valence-corrected chi connectivity index (χ0v) is 12.8. The van der Waals surface area contributed by atoms with E-state index < -0.39 is 18.6 Å². The number of amides is 1. The van der Waals surface area contributed by atoms with Crippen LogP contribution in [0.25, 0.3) is 10.9 Å². The van der Waals surface area contributed by atoms with Gasteiger partial charge in [0, 0.05) is 29.6 Å². The maximum absolute atomic E-state index is 12.9. The van der Waals surface area contributed by atoms with Gasteiger partial charge in [-0.3, -0.25) is 4.79 Å². The molecule has 0 radical (unpaired) electrons. The van der Waals surface area contributed by atoms with Crippen LogP contribution in [0.15, 0.2) is 30.5 Å². The van der Waals surface area contributed by atoms with Crippen molar-refractivity contribution in [2.45, 2.75) is 36.7 Å². The minimum absolute atomic E-state index is 0.0248. The number of likely N-dealkylation sites (tertiary alicyclic amines) is 1. The third-order valence-corrected chi connectivity index (χ3v) is 5.30. The van der Waals surface area contributed by atoms with E-state index in [9.17, 15) is 14.8 Å². The van der Waals surface area contributed by atoms with Gasteiger partial charge in [-0.25, -0.2) is 0 Å². The van der Waals surface area contributed by atoms with E-state index in [0.717, 1.165) is 22.9 Å². The molecule has 23 heavy (non-hydrogen) atoms. The zero-order chi connectivity index (χ0) is 16.2. The average molecular weight is 313 g/mol. The molecular formula is C16H20BN3O3. The maximum atomic E-state index is 12.9. The topological polar surface area (TPSA) is 103 Å². The van der Waals surface area contributed by atoms with Crippen molar-refractivity contribution >= 4 is 23.9 Å². The van der Waals surface area contributed by atoms with Crippen molar-refractivity contribution in [2.75, 3.05) is 6.54 Å². The molecule has 120 valence electrons. The molecule has 2 heterocycles. The highest BCUT2D eigenvalue weighted by Crippen LogP contribution is 2.52. The van der Waals surface area contributed by atoms with Crippen LogP contribution in [-0.2, 0) is 4.79 Å². The average Bonchev–Trinajstić information content (AvgIpc) is 2.97. The number of fused-ring (bicyclic) bond motifs is 1. The lowest BCUT2D eigenvalue weighted by molar-refractivity contribution is -0.133. The summed E-state index contributed by atoms with van der Waals surface area (Å²) in [5.74, 6) is -0.723. The number of rotatable bonds is 3. The SMILES string of the molecule is NC1(C(=O)N2CCC[C@H]2B(O)O)CC1c1c[nH]c2ccccc12. The van der Waals surface area contributed by atoms with Gasteiger partial charge in [0.1, 0.15) is 5.54 Å². The summed E-state index contributed by atoms with van der Waals surface area (Å²) >= 11 is 0. The van der Waals surface area contributed by atoms with Crippen LogP contribution in [0.3, 0.4) is 0 Å². The quantitative estimate of drug-likeness (QED) is 0.614. The number of hydrogen-bond acceptors (Lipinski definition) is 4. The van der Waals surface area contributed by atoms with Crippen LogP contribution in [0.2, 0.25) is 0 Å². The first-order valence-corrected chi connectivity index (χ1v) is 8.04. The fraction of sp³-hybridized carbons (Fsp3) is 0.438. The predicted molar refractivity (Wildman–Crippen MR) is 87.5 cm³/mol. The Morgan fingerprint density at radius 2 is 2.17 bits per heavy atom. The third kappa shape index (κ3) is 2.19. The second-order valence-electron chi connectivity index (χ2n) is 6.71. The number of nitrogens with one attached hydrogen (secondary N) is 1. The van der Waals surface area contributed by atoms with E-state index in [1.807, 2.05) is 30.5 Å². The Bertz CT molecular complexity index is 762. The van der Waals surface area contributed by atoms with Crippen molar-refractivity contribution in [3.05, 3.63) is 36.0 Å². The predicted octanol–water partition coefficient (Wildman–Crippen LogP) is 0.356. The Kier molecular flexibility index (Phi) is 3.26. The summed E-state index contributed by atoms with van der Waals surface area (Å²) < 4.78 is 0. The second-order valence-corrected chi connectivity index (χ2v) is 6.71. The van der Waals surface area contributed by atoms with Crippen LogP contribution < -0.4 is 5.73 Å². The van der Waals surface area contributed by atoms with Crippen LogP contribution >= 0.6 is 0 Å². The van der Waals surface area contributed by atoms with Gasteiger partial charge in [0.25, 0.3) is 0 Å². The van der Waals surface area contributed by atoms with E-state index in [2.05, 4.69) is 4.98 Å². The Hall–Kier alpha value is -1.83. The molecule has 1 aromatic heterocycles. The highest BCUT2D eigenvalue weighted by atomic mass is 16.4. The molecule has 2 unspecified atom stereocenters. The molecule has 1 saturated heterocycles. The Morgan fingerprint density at radius 1 is 1.39 bits per heavy atom. The Labute approximate surface area is 134 Å². The van der Waals surface area contributed by atoms with E-state index in [1.165, 1.54) is 0 Å². The molecule has 0 bridgehead atoms. The standard InChI is InChI=1S/C16H20BN3O3/c18-16(15(21)20-7-3-6-14(20)17(22)23)8-12(16)11-9-19-13-5-2-1-4-10(11)13/h1-2,4-5,9,12,14,19,22-23H,3,6-8,18H2/t12?,14-,16?/m0/s1. The Morgan fingerprint density at radius 3 is 2.96 bits per heavy atom. The second kappa shape index (κ2) is 5.09. The van der Waals surface area contributed by atoms with Gasteiger partial charge < -0.3 is 25.7 Å². The maximum Gasteiger partial charge on any atom is 0.475 e. The molecule has 2 aromatic rings. The summed E-state index contributed by atoms with van der Waals surface area (Å²) in [6, 6.07) is 7.97. The summed E-state index contributed by atoms with van der Waals surface area (Å²) in [4.78, 5) is 17.6. The molecule has 1 aliphatic heterocycles. The minimum Gasteiger partial charge on any atom is -0.426 e. The summed E-state index contributed by atoms with van der Waals surface area (Å²) in [6.45, 7) is 0.542. The summed E-state index contributed by atoms with van der Waals surface area (Å²) in [6.07, 6.45) is 3.91. The lowest BCUT2D eigenvalue weighted by atomic mass is 9.77. The Balaban J connectivity index is 1.60. The van der Waals surface area contributed by atoms with Crippen LogP contribution in [0.5, 0.6) is 0 Å². The van der Waals surface area contributed by atoms with Crippen molar-refractivity contribution in [2.24, 2.45) is 5.73 Å². The van der Waals surface area contributed by atoms with Crippen LogP contribution in [0.1, 0.15) is 30.7 Å². The van der Waals surface area contributed by atoms with E-state index >= 15 is 0 Å². The van der Waals surface area contributed by atoms with Crippen LogP contribution in [-0.4, -0.2) is 51.0 Å². The lowest BCUT2D eigenvalue weighted by Crippen LogP contribution is -2.53. The van der Waals surface area contributed by atoms with E-state index in [-0.39, 0.29) is 11.8 Å². The molecule has 2 fully saturated rings. The number of para-hydroxylation sites is 1. The van der Waals surface area contributed by atoms with Gasteiger partial charge in [-0.15, -0.1) is 0 Å². The first-order chi connectivity index (χ1) is 11.0. The number of nitrogens with two attached hydrogens (primary N) is 1. The molecular weight excluding hydrogens is 293 g/mol. The van der Waals surface area contributed by atoms with Gasteiger partial charge in [0.05, 0.1) is 5.94 Å². The molecule has 1 saturated carbocycles. The number of benzene rings is 1. The monoisotopic (exact) mass is 313 g/mol. The number of carbonyl (C=O) groups is 1. The molecule has 1 aromatic carbocycles. The van der Waals surface area contributed by atoms with E-state index in [1.54, 1.807) is 4.90 Å². The van der Waals surface area contributed by atoms with Gasteiger partial charge in [0.15, 0.2) is 0 Å². The van der Waals surface area contributed by atoms with E-state index in [0.29, 0.717) is 19.4 Å². The van der Waals surface area contributed by atoms with Crippen molar-refractivity contribution in [3.8, 4) is 0 Å². The van der Waals surface area contributed by atoms with Gasteiger partial charge in [-0.05, 0) is 30.9 Å². The first-order valence-electron chi connectivity index (χ1n) is 8.04. The number of H-pyrrole nitrogens is 1. The van der Waals surface area contributed by atoms with Crippen molar-refractivity contribution in [3.63, 3.8) is 0 Å². The molecule has 0 spiro atoms. The molecule has 3 atom stereocenters. The number of aromatic amines is 1. The third-order valence-electron chi connectivity index (χ3n) is 5.30. The highest BCUT2D eigenvalue weighted by Gasteiger charge is 2.61. The largest absolute Gasteiger partial charge is 0.475 e. The number of aromatic nitrogens is 1. The van der Waals surface area contributed by atoms with Gasteiger partial charge in [0.2, 0.25) is 5.91 Å². The normalized spacial score (nSPS) is 30.0. The van der Waals surface area contributed by atoms with Crippen LogP contribution in [0, 0.1) is 0 Å². The van der Waals surface area contributed by atoms with Crippen molar-refractivity contribution < 1.29 is 14.8 Å². The summed E-state index contributed by atoms with van der Waals surface area (Å²) in [7, 11) is -1.50. The number of hydrogen-bond donors (Lipinski definition) is 4. The molecule has 1 aliphatic carbocycles. The fourth-order valence-corrected chi connectivity index (χ4v) is 3.91. The summed E-state index contributed by atoms with van der Waals surface area (Å²) in [5, 5.41) is 20.0. The highest BCUT2D eigenvalue weighted by molar-refractivity contribution is 6.43. The molecule has 1 amide bonds. The summed E-state index contributed by atoms with van der Waals surface area (Å²) in [5.41, 5.74) is 7.56. The van der Waals surface area contributed by atoms with Gasteiger partial charge in [-0.2, -0.15) is 0 Å². The molecule has 2 aliphatic rings. The molecule has 6 nitrogen and oxygen atoms in total. The number of nitrogens with zero attached hydrogens (tertiary/aromatic N) is 1.